The van der Waals surface area contributed by atoms with Crippen molar-refractivity contribution in [3.8, 4) is 0 Å². The minimum atomic E-state index is -0.989. The van der Waals surface area contributed by atoms with Crippen LogP contribution in [0.2, 0.25) is 0 Å². The average Bonchev–Trinajstić information content (AvgIpc) is 2.62. The number of thiophene rings is 1. The number of rotatable bonds is 5. The van der Waals surface area contributed by atoms with E-state index in [1.165, 1.54) is 17.4 Å². The van der Waals surface area contributed by atoms with Gasteiger partial charge in [0.2, 0.25) is 0 Å². The van der Waals surface area contributed by atoms with Crippen LogP contribution >= 0.6 is 11.3 Å². The molecule has 0 bridgehead atoms. The lowest BCUT2D eigenvalue weighted by Crippen LogP contribution is -1.89. The van der Waals surface area contributed by atoms with Crippen LogP contribution in [-0.4, -0.2) is 22.2 Å². The summed E-state index contributed by atoms with van der Waals surface area (Å²) in [6, 6.07) is 1.79. The van der Waals surface area contributed by atoms with Crippen LogP contribution in [0.15, 0.2) is 23.6 Å². The van der Waals surface area contributed by atoms with Gasteiger partial charge in [0.25, 0.3) is 0 Å². The highest BCUT2D eigenvalue weighted by molar-refractivity contribution is 7.11. The van der Waals surface area contributed by atoms with E-state index in [2.05, 4.69) is 0 Å². The molecule has 0 fully saturated rings. The Morgan fingerprint density at radius 2 is 2.06 bits per heavy atom. The molecule has 0 saturated heterocycles. The van der Waals surface area contributed by atoms with E-state index in [1.807, 2.05) is 5.38 Å². The zero-order chi connectivity index (χ0) is 12.0. The first-order valence-electron chi connectivity index (χ1n) is 4.46. The van der Waals surface area contributed by atoms with Crippen LogP contribution in [0.5, 0.6) is 0 Å². The third-order valence-corrected chi connectivity index (χ3v) is 2.55. The van der Waals surface area contributed by atoms with Crippen LogP contribution in [-0.2, 0) is 9.59 Å². The zero-order valence-corrected chi connectivity index (χ0v) is 9.11. The first kappa shape index (κ1) is 12.2. The molecule has 0 aliphatic heterocycles. The van der Waals surface area contributed by atoms with Crippen molar-refractivity contribution in [3.63, 3.8) is 0 Å². The summed E-state index contributed by atoms with van der Waals surface area (Å²) in [4.78, 5) is 21.3. The number of hydrogen-bond acceptors (Lipinski definition) is 3. The Hall–Kier alpha value is -1.88. The molecule has 1 aromatic rings. The van der Waals surface area contributed by atoms with Crippen molar-refractivity contribution in [2.75, 3.05) is 0 Å². The largest absolute Gasteiger partial charge is 0.481 e. The van der Waals surface area contributed by atoms with Gasteiger partial charge in [0, 0.05) is 11.0 Å². The Balaban J connectivity index is 2.61. The highest BCUT2D eigenvalue weighted by Gasteiger charge is 1.95. The number of aliphatic carboxylic acids is 2. The smallest absolute Gasteiger partial charge is 0.328 e. The topological polar surface area (TPSA) is 74.6 Å². The number of carboxylic acid groups (broad SMARTS) is 2. The lowest BCUT2D eigenvalue weighted by Gasteiger charge is -1.84. The van der Waals surface area contributed by atoms with Crippen LogP contribution in [0.3, 0.4) is 0 Å². The van der Waals surface area contributed by atoms with Gasteiger partial charge in [0.15, 0.2) is 0 Å². The first-order valence-corrected chi connectivity index (χ1v) is 5.34. The molecule has 0 spiro atoms. The Morgan fingerprint density at radius 1 is 1.31 bits per heavy atom. The van der Waals surface area contributed by atoms with Crippen molar-refractivity contribution in [2.45, 2.75) is 6.42 Å². The molecule has 1 heterocycles. The number of carbonyl (C=O) groups is 2. The molecule has 2 N–H and O–H groups in total. The molecule has 0 saturated carbocycles. The molecule has 0 aliphatic rings. The normalized spacial score (nSPS) is 11.2. The van der Waals surface area contributed by atoms with E-state index in [1.54, 1.807) is 18.2 Å². The maximum atomic E-state index is 10.3. The molecule has 0 unspecified atom stereocenters. The molecular weight excluding hydrogens is 228 g/mol. The molecular formula is C11H10O4S. The summed E-state index contributed by atoms with van der Waals surface area (Å²) in [5.41, 5.74) is 0.872. The Labute approximate surface area is 96.2 Å². The van der Waals surface area contributed by atoms with Gasteiger partial charge in [-0.1, -0.05) is 12.2 Å². The van der Waals surface area contributed by atoms with Gasteiger partial charge in [-0.2, -0.15) is 0 Å². The fourth-order valence-corrected chi connectivity index (χ4v) is 1.76. The van der Waals surface area contributed by atoms with E-state index in [0.717, 1.165) is 16.5 Å². The highest BCUT2D eigenvalue weighted by Crippen LogP contribution is 2.17. The molecule has 0 aromatic carbocycles. The van der Waals surface area contributed by atoms with Gasteiger partial charge in [-0.3, -0.25) is 4.79 Å². The Bertz CT molecular complexity index is 443. The maximum absolute atomic E-state index is 10.3. The van der Waals surface area contributed by atoms with E-state index in [4.69, 9.17) is 10.2 Å². The fraction of sp³-hybridized carbons (Fsp3) is 0.0909. The molecule has 4 nitrogen and oxygen atoms in total. The van der Waals surface area contributed by atoms with Crippen molar-refractivity contribution in [3.05, 3.63) is 34.0 Å². The van der Waals surface area contributed by atoms with Crippen molar-refractivity contribution < 1.29 is 19.8 Å². The van der Waals surface area contributed by atoms with Gasteiger partial charge >= 0.3 is 11.9 Å². The van der Waals surface area contributed by atoms with Crippen LogP contribution in [0, 0.1) is 0 Å². The molecule has 16 heavy (non-hydrogen) atoms. The third-order valence-electron chi connectivity index (χ3n) is 1.63. The molecule has 1 rings (SSSR count). The first-order chi connectivity index (χ1) is 7.58. The SMILES string of the molecule is O=C(O)/C=C/c1cc(C=CCC(=O)O)cs1. The van der Waals surface area contributed by atoms with Gasteiger partial charge in [-0.05, 0) is 23.1 Å². The lowest BCUT2D eigenvalue weighted by molar-refractivity contribution is -0.136. The summed E-state index contributed by atoms with van der Waals surface area (Å²) in [6.07, 6.45) is 5.80. The van der Waals surface area contributed by atoms with Crippen molar-refractivity contribution in [1.82, 2.24) is 0 Å². The summed E-state index contributed by atoms with van der Waals surface area (Å²) in [7, 11) is 0. The zero-order valence-electron chi connectivity index (χ0n) is 8.29. The molecule has 0 atom stereocenters. The summed E-state index contributed by atoms with van der Waals surface area (Å²) in [5, 5.41) is 18.7. The predicted octanol–water partition coefficient (Wildman–Crippen LogP) is 2.33. The summed E-state index contributed by atoms with van der Waals surface area (Å²) < 4.78 is 0. The maximum Gasteiger partial charge on any atom is 0.328 e. The van der Waals surface area contributed by atoms with Gasteiger partial charge in [-0.25, -0.2) is 4.79 Å². The monoisotopic (exact) mass is 238 g/mol. The molecule has 0 aliphatic carbocycles. The minimum Gasteiger partial charge on any atom is -0.481 e. The van der Waals surface area contributed by atoms with Crippen molar-refractivity contribution >= 4 is 35.4 Å². The van der Waals surface area contributed by atoms with Crippen molar-refractivity contribution in [2.24, 2.45) is 0 Å². The number of hydrogen-bond donors (Lipinski definition) is 2. The highest BCUT2D eigenvalue weighted by atomic mass is 32.1. The van der Waals surface area contributed by atoms with Crippen molar-refractivity contribution in [1.29, 1.82) is 0 Å². The van der Waals surface area contributed by atoms with E-state index in [-0.39, 0.29) is 6.42 Å². The fourth-order valence-electron chi connectivity index (χ4n) is 0.992. The van der Waals surface area contributed by atoms with E-state index >= 15 is 0 Å². The van der Waals surface area contributed by atoms with Gasteiger partial charge < -0.3 is 10.2 Å². The molecule has 0 amide bonds. The molecule has 0 radical (unpaired) electrons. The van der Waals surface area contributed by atoms with E-state index < -0.39 is 11.9 Å². The standard InChI is InChI=1S/C11H10O4S/c12-10(13)3-1-2-8-6-9(16-7-8)4-5-11(14)15/h1-2,4-7H,3H2,(H,12,13)(H,14,15)/b2-1?,5-4+. The van der Waals surface area contributed by atoms with E-state index in [0.29, 0.717) is 0 Å². The van der Waals surface area contributed by atoms with Gasteiger partial charge in [-0.15, -0.1) is 11.3 Å². The Kier molecular flexibility index (Phi) is 4.47. The second-order valence-corrected chi connectivity index (χ2v) is 3.90. The van der Waals surface area contributed by atoms with Crippen LogP contribution in [0.4, 0.5) is 0 Å². The Morgan fingerprint density at radius 3 is 2.69 bits per heavy atom. The second kappa shape index (κ2) is 5.87. The molecule has 1 aromatic heterocycles. The van der Waals surface area contributed by atoms with Crippen LogP contribution in [0.25, 0.3) is 12.2 Å². The average molecular weight is 238 g/mol. The molecule has 84 valence electrons. The second-order valence-electron chi connectivity index (χ2n) is 2.95. The number of carboxylic acids is 2. The van der Waals surface area contributed by atoms with Crippen LogP contribution < -0.4 is 0 Å². The third kappa shape index (κ3) is 4.56. The van der Waals surface area contributed by atoms with Gasteiger partial charge in [0.05, 0.1) is 6.42 Å². The summed E-state index contributed by atoms with van der Waals surface area (Å²) >= 11 is 1.40. The minimum absolute atomic E-state index is 0.0177. The molecule has 5 heteroatoms. The summed E-state index contributed by atoms with van der Waals surface area (Å²) in [6.45, 7) is 0. The summed E-state index contributed by atoms with van der Waals surface area (Å²) in [5.74, 6) is -1.87. The predicted molar refractivity (Wildman–Crippen MR) is 62.3 cm³/mol. The lowest BCUT2D eigenvalue weighted by atomic mass is 10.2. The van der Waals surface area contributed by atoms with Crippen LogP contribution in [0.1, 0.15) is 16.9 Å². The van der Waals surface area contributed by atoms with E-state index in [9.17, 15) is 9.59 Å². The quantitative estimate of drug-likeness (QED) is 0.772. The van der Waals surface area contributed by atoms with Gasteiger partial charge in [0.1, 0.15) is 0 Å².